The Bertz CT molecular complexity index is 624. The SMILES string of the molecule is CCC(CC)CCC(CC)OC(=O)CC(C(=O)OC(CC)CCC(CC)CC)S(=O)(=O)O. The molecule has 190 valence electrons. The Hall–Kier alpha value is -1.15. The van der Waals surface area contributed by atoms with Crippen LogP contribution < -0.4 is 0 Å². The van der Waals surface area contributed by atoms with E-state index in [1.165, 1.54) is 0 Å². The van der Waals surface area contributed by atoms with E-state index in [4.69, 9.17) is 9.47 Å². The van der Waals surface area contributed by atoms with Crippen LogP contribution in [0.4, 0.5) is 0 Å². The van der Waals surface area contributed by atoms with Gasteiger partial charge in [-0.3, -0.25) is 14.1 Å². The zero-order chi connectivity index (χ0) is 24.7. The molecule has 32 heavy (non-hydrogen) atoms. The highest BCUT2D eigenvalue weighted by molar-refractivity contribution is 7.87. The number of rotatable bonds is 18. The highest BCUT2D eigenvalue weighted by atomic mass is 32.2. The van der Waals surface area contributed by atoms with Gasteiger partial charge in [0.1, 0.15) is 12.2 Å². The van der Waals surface area contributed by atoms with Gasteiger partial charge in [-0.05, 0) is 50.4 Å². The summed E-state index contributed by atoms with van der Waals surface area (Å²) >= 11 is 0. The van der Waals surface area contributed by atoms with Gasteiger partial charge in [-0.25, -0.2) is 0 Å². The highest BCUT2D eigenvalue weighted by Gasteiger charge is 2.37. The van der Waals surface area contributed by atoms with E-state index >= 15 is 0 Å². The summed E-state index contributed by atoms with van der Waals surface area (Å²) in [7, 11) is -4.81. The summed E-state index contributed by atoms with van der Waals surface area (Å²) in [6, 6.07) is 0. The minimum Gasteiger partial charge on any atom is -0.462 e. The fourth-order valence-electron chi connectivity index (χ4n) is 3.87. The smallest absolute Gasteiger partial charge is 0.327 e. The van der Waals surface area contributed by atoms with E-state index in [1.807, 2.05) is 13.8 Å². The Balaban J connectivity index is 5.02. The van der Waals surface area contributed by atoms with Gasteiger partial charge in [-0.2, -0.15) is 8.42 Å². The largest absolute Gasteiger partial charge is 0.462 e. The highest BCUT2D eigenvalue weighted by Crippen LogP contribution is 2.22. The second kappa shape index (κ2) is 16.5. The van der Waals surface area contributed by atoms with Crippen LogP contribution in [0.3, 0.4) is 0 Å². The number of esters is 2. The van der Waals surface area contributed by atoms with Crippen LogP contribution in [-0.4, -0.2) is 42.4 Å². The van der Waals surface area contributed by atoms with Gasteiger partial charge in [-0.1, -0.05) is 67.2 Å². The van der Waals surface area contributed by atoms with Crippen molar-refractivity contribution in [2.24, 2.45) is 11.8 Å². The molecule has 0 rings (SSSR count). The summed E-state index contributed by atoms with van der Waals surface area (Å²) in [4.78, 5) is 25.0. The lowest BCUT2D eigenvalue weighted by Crippen LogP contribution is -2.37. The minimum absolute atomic E-state index is 0.343. The van der Waals surface area contributed by atoms with Crippen LogP contribution in [0.25, 0.3) is 0 Å². The molecule has 0 fully saturated rings. The van der Waals surface area contributed by atoms with Crippen molar-refractivity contribution >= 4 is 22.1 Å². The maximum Gasteiger partial charge on any atom is 0.327 e. The van der Waals surface area contributed by atoms with E-state index in [-0.39, 0.29) is 6.10 Å². The fourth-order valence-corrected chi connectivity index (χ4v) is 4.51. The van der Waals surface area contributed by atoms with E-state index in [1.54, 1.807) is 0 Å². The van der Waals surface area contributed by atoms with Crippen LogP contribution in [-0.2, 0) is 29.2 Å². The van der Waals surface area contributed by atoms with E-state index in [0.717, 1.165) is 38.5 Å². The van der Waals surface area contributed by atoms with Crippen LogP contribution in [0.1, 0.15) is 112 Å². The Kier molecular flexibility index (Phi) is 15.9. The molecule has 0 aliphatic rings. The summed E-state index contributed by atoms with van der Waals surface area (Å²) < 4.78 is 44.0. The van der Waals surface area contributed by atoms with Crippen molar-refractivity contribution in [3.63, 3.8) is 0 Å². The third-order valence-corrected chi connectivity index (χ3v) is 7.65. The summed E-state index contributed by atoms with van der Waals surface area (Å²) in [5.41, 5.74) is 0. The first kappa shape index (κ1) is 30.9. The van der Waals surface area contributed by atoms with Gasteiger partial charge in [-0.15, -0.1) is 0 Å². The zero-order valence-corrected chi connectivity index (χ0v) is 21.8. The van der Waals surface area contributed by atoms with Gasteiger partial charge in [0, 0.05) is 0 Å². The number of hydrogen-bond acceptors (Lipinski definition) is 6. The van der Waals surface area contributed by atoms with E-state index in [9.17, 15) is 22.6 Å². The molecule has 0 aromatic rings. The lowest BCUT2D eigenvalue weighted by atomic mass is 9.95. The van der Waals surface area contributed by atoms with Gasteiger partial charge in [0.25, 0.3) is 10.1 Å². The van der Waals surface area contributed by atoms with E-state index in [2.05, 4.69) is 27.7 Å². The number of carbonyl (C=O) groups excluding carboxylic acids is 2. The van der Waals surface area contributed by atoms with Crippen molar-refractivity contribution in [2.75, 3.05) is 0 Å². The predicted octanol–water partition coefficient (Wildman–Crippen LogP) is 5.71. The molecule has 0 radical (unpaired) electrons. The Morgan fingerprint density at radius 1 is 0.688 bits per heavy atom. The van der Waals surface area contributed by atoms with Crippen LogP contribution in [0.5, 0.6) is 0 Å². The van der Waals surface area contributed by atoms with Crippen molar-refractivity contribution in [3.05, 3.63) is 0 Å². The van der Waals surface area contributed by atoms with Gasteiger partial charge in [0.05, 0.1) is 6.42 Å². The summed E-state index contributed by atoms with van der Waals surface area (Å²) in [5.74, 6) is -0.840. The van der Waals surface area contributed by atoms with Crippen molar-refractivity contribution in [1.82, 2.24) is 0 Å². The van der Waals surface area contributed by atoms with Crippen LogP contribution in [0.15, 0.2) is 0 Å². The molecule has 0 aromatic heterocycles. The lowest BCUT2D eigenvalue weighted by molar-refractivity contribution is -0.156. The molecule has 0 spiro atoms. The average Bonchev–Trinajstić information content (AvgIpc) is 2.75. The number of carbonyl (C=O) groups is 2. The normalized spacial score (nSPS) is 14.9. The molecular formula is C24H46O7S. The quantitative estimate of drug-likeness (QED) is 0.199. The van der Waals surface area contributed by atoms with Crippen LogP contribution >= 0.6 is 0 Å². The minimum atomic E-state index is -4.81. The average molecular weight is 479 g/mol. The summed E-state index contributed by atoms with van der Waals surface area (Å²) in [6.45, 7) is 12.2. The molecular weight excluding hydrogens is 432 g/mol. The maximum atomic E-state index is 12.6. The third-order valence-electron chi connectivity index (χ3n) is 6.57. The molecule has 0 amide bonds. The Morgan fingerprint density at radius 2 is 1.09 bits per heavy atom. The maximum absolute atomic E-state index is 12.6. The first-order valence-corrected chi connectivity index (χ1v) is 13.9. The molecule has 0 heterocycles. The monoisotopic (exact) mass is 478 g/mol. The van der Waals surface area contributed by atoms with Gasteiger partial charge in [0.15, 0.2) is 5.25 Å². The van der Waals surface area contributed by atoms with E-state index < -0.39 is 39.8 Å². The fraction of sp³-hybridized carbons (Fsp3) is 0.917. The van der Waals surface area contributed by atoms with Crippen molar-refractivity contribution in [1.29, 1.82) is 0 Å². The molecule has 3 unspecified atom stereocenters. The summed E-state index contributed by atoms with van der Waals surface area (Å²) in [6.07, 6.45) is 6.81. The molecule has 0 saturated carbocycles. The number of hydrogen-bond donors (Lipinski definition) is 1. The van der Waals surface area contributed by atoms with Gasteiger partial charge < -0.3 is 9.47 Å². The summed E-state index contributed by atoms with van der Waals surface area (Å²) in [5, 5.41) is -1.96. The topological polar surface area (TPSA) is 107 Å². The van der Waals surface area contributed by atoms with Crippen LogP contribution in [0.2, 0.25) is 0 Å². The van der Waals surface area contributed by atoms with Crippen molar-refractivity contribution < 1.29 is 32.0 Å². The third kappa shape index (κ3) is 12.2. The van der Waals surface area contributed by atoms with E-state index in [0.29, 0.717) is 37.5 Å². The molecule has 7 nitrogen and oxygen atoms in total. The lowest BCUT2D eigenvalue weighted by Gasteiger charge is -2.22. The molecule has 0 aromatic carbocycles. The molecule has 0 saturated heterocycles. The molecule has 0 aliphatic carbocycles. The Morgan fingerprint density at radius 3 is 1.44 bits per heavy atom. The first-order valence-electron chi connectivity index (χ1n) is 12.4. The zero-order valence-electron chi connectivity index (χ0n) is 21.0. The molecule has 3 atom stereocenters. The second-order valence-corrected chi connectivity index (χ2v) is 10.3. The van der Waals surface area contributed by atoms with Crippen molar-refractivity contribution in [3.8, 4) is 0 Å². The second-order valence-electron chi connectivity index (χ2n) is 8.71. The van der Waals surface area contributed by atoms with Gasteiger partial charge in [0.2, 0.25) is 0 Å². The van der Waals surface area contributed by atoms with Gasteiger partial charge >= 0.3 is 11.9 Å². The molecule has 1 N–H and O–H groups in total. The molecule has 0 aliphatic heterocycles. The standard InChI is InChI=1S/C24H46O7S/c1-7-18(8-2)13-15-20(11-5)30-23(25)17-22(32(27,28)29)24(26)31-21(12-6)16-14-19(9-3)10-4/h18-22H,7-17H2,1-6H3,(H,27,28,29). The Labute approximate surface area is 195 Å². The van der Waals surface area contributed by atoms with Crippen LogP contribution in [0, 0.1) is 11.8 Å². The molecule has 8 heteroatoms. The molecule has 0 bridgehead atoms. The van der Waals surface area contributed by atoms with Crippen molar-refractivity contribution in [2.45, 2.75) is 130 Å². The number of ether oxygens (including phenoxy) is 2. The first-order chi connectivity index (χ1) is 15.1. The predicted molar refractivity (Wildman–Crippen MR) is 127 cm³/mol.